The molecule has 25 heavy (non-hydrogen) atoms. The summed E-state index contributed by atoms with van der Waals surface area (Å²) in [6.45, 7) is 0. The minimum absolute atomic E-state index is 0.674. The molecule has 0 amide bonds. The Balaban J connectivity index is 1.83. The zero-order valence-electron chi connectivity index (χ0n) is 14.2. The van der Waals surface area contributed by atoms with Crippen molar-refractivity contribution in [2.45, 2.75) is 0 Å². The average molecular weight is 329 g/mol. The molecular formula is C20H19N5. The van der Waals surface area contributed by atoms with Crippen molar-refractivity contribution in [1.29, 1.82) is 0 Å². The lowest BCUT2D eigenvalue weighted by Gasteiger charge is -2.13. The molecule has 0 aliphatic heterocycles. The van der Waals surface area contributed by atoms with E-state index in [0.717, 1.165) is 28.5 Å². The Morgan fingerprint density at radius 2 is 1.68 bits per heavy atom. The predicted molar refractivity (Wildman–Crippen MR) is 102 cm³/mol. The summed E-state index contributed by atoms with van der Waals surface area (Å²) in [7, 11) is 4.07. The van der Waals surface area contributed by atoms with E-state index in [1.165, 1.54) is 0 Å². The van der Waals surface area contributed by atoms with E-state index in [2.05, 4.69) is 39.5 Å². The number of imidazole rings is 1. The molecule has 5 nitrogen and oxygen atoms in total. The van der Waals surface area contributed by atoms with Gasteiger partial charge in [-0.15, -0.1) is 0 Å². The molecule has 0 saturated heterocycles. The Labute approximate surface area is 146 Å². The number of rotatable bonds is 4. The van der Waals surface area contributed by atoms with Gasteiger partial charge in [0.25, 0.3) is 0 Å². The Morgan fingerprint density at radius 1 is 0.920 bits per heavy atom. The lowest BCUT2D eigenvalue weighted by Crippen LogP contribution is -2.07. The van der Waals surface area contributed by atoms with Crippen molar-refractivity contribution in [2.24, 2.45) is 0 Å². The van der Waals surface area contributed by atoms with Crippen LogP contribution in [-0.2, 0) is 0 Å². The van der Waals surface area contributed by atoms with Crippen LogP contribution in [0.4, 0.5) is 17.2 Å². The molecule has 0 aliphatic rings. The number of nitrogens with zero attached hydrogens (tertiary/aromatic N) is 4. The number of hydrogen-bond acceptors (Lipinski definition) is 4. The van der Waals surface area contributed by atoms with E-state index in [0.29, 0.717) is 5.78 Å². The summed E-state index contributed by atoms with van der Waals surface area (Å²) in [6, 6.07) is 20.4. The van der Waals surface area contributed by atoms with Crippen LogP contribution in [0.2, 0.25) is 0 Å². The summed E-state index contributed by atoms with van der Waals surface area (Å²) in [5.41, 5.74) is 4.10. The number of benzene rings is 2. The first-order valence-corrected chi connectivity index (χ1v) is 8.15. The Hall–Kier alpha value is -3.34. The van der Waals surface area contributed by atoms with Crippen molar-refractivity contribution in [3.05, 3.63) is 73.1 Å². The molecule has 5 heteroatoms. The van der Waals surface area contributed by atoms with Gasteiger partial charge in [-0.2, -0.15) is 0 Å². The van der Waals surface area contributed by atoms with Crippen molar-refractivity contribution in [1.82, 2.24) is 14.4 Å². The summed E-state index contributed by atoms with van der Waals surface area (Å²) in [5, 5.41) is 3.48. The number of nitrogens with one attached hydrogen (secondary N) is 1. The molecule has 0 unspecified atom stereocenters. The van der Waals surface area contributed by atoms with Crippen LogP contribution in [0, 0.1) is 0 Å². The minimum Gasteiger partial charge on any atom is -0.378 e. The summed E-state index contributed by atoms with van der Waals surface area (Å²) in [4.78, 5) is 11.2. The van der Waals surface area contributed by atoms with Crippen LogP contribution in [0.1, 0.15) is 0 Å². The van der Waals surface area contributed by atoms with Crippen molar-refractivity contribution in [3.63, 3.8) is 0 Å². The number of hydrogen-bond donors (Lipinski definition) is 1. The standard InChI is InChI=1S/C20H19N5/c1-24(2)17-11-9-15(10-12-17)18-19(22-16-7-4-3-5-8-16)25-14-6-13-21-20(25)23-18/h3-14,22H,1-2H3. The summed E-state index contributed by atoms with van der Waals surface area (Å²) in [5.74, 6) is 1.58. The monoisotopic (exact) mass is 329 g/mol. The molecule has 2 aromatic heterocycles. The van der Waals surface area contributed by atoms with E-state index in [1.54, 1.807) is 6.20 Å². The van der Waals surface area contributed by atoms with Crippen LogP contribution >= 0.6 is 0 Å². The molecule has 0 spiro atoms. The van der Waals surface area contributed by atoms with Crippen molar-refractivity contribution in [2.75, 3.05) is 24.3 Å². The van der Waals surface area contributed by atoms with Gasteiger partial charge in [-0.1, -0.05) is 30.3 Å². The van der Waals surface area contributed by atoms with Gasteiger partial charge in [0.1, 0.15) is 11.5 Å². The number of aromatic nitrogens is 3. The molecule has 0 bridgehead atoms. The van der Waals surface area contributed by atoms with Crippen LogP contribution in [0.25, 0.3) is 17.0 Å². The van der Waals surface area contributed by atoms with Gasteiger partial charge in [0.05, 0.1) is 0 Å². The highest BCUT2D eigenvalue weighted by Crippen LogP contribution is 2.31. The lowest BCUT2D eigenvalue weighted by atomic mass is 10.1. The Kier molecular flexibility index (Phi) is 3.82. The highest BCUT2D eigenvalue weighted by molar-refractivity contribution is 5.79. The highest BCUT2D eigenvalue weighted by atomic mass is 15.2. The minimum atomic E-state index is 0.674. The van der Waals surface area contributed by atoms with Crippen LogP contribution in [0.15, 0.2) is 73.1 Å². The largest absolute Gasteiger partial charge is 0.378 e. The number of fused-ring (bicyclic) bond motifs is 1. The van der Waals surface area contributed by atoms with Gasteiger partial charge >= 0.3 is 0 Å². The van der Waals surface area contributed by atoms with Crippen LogP contribution in [0.5, 0.6) is 0 Å². The molecule has 2 heterocycles. The predicted octanol–water partition coefficient (Wildman–Crippen LogP) is 4.21. The number of para-hydroxylation sites is 1. The maximum atomic E-state index is 4.73. The average Bonchev–Trinajstić information content (AvgIpc) is 3.01. The van der Waals surface area contributed by atoms with E-state index in [9.17, 15) is 0 Å². The second kappa shape index (κ2) is 6.28. The maximum absolute atomic E-state index is 4.73. The molecule has 4 rings (SSSR count). The van der Waals surface area contributed by atoms with Crippen LogP contribution in [0.3, 0.4) is 0 Å². The normalized spacial score (nSPS) is 10.8. The molecule has 2 aromatic carbocycles. The molecule has 1 N–H and O–H groups in total. The topological polar surface area (TPSA) is 45.5 Å². The first kappa shape index (κ1) is 15.2. The first-order valence-electron chi connectivity index (χ1n) is 8.15. The molecule has 0 fully saturated rings. The van der Waals surface area contributed by atoms with Crippen molar-refractivity contribution >= 4 is 23.0 Å². The zero-order chi connectivity index (χ0) is 17.2. The van der Waals surface area contributed by atoms with Gasteiger partial charge in [-0.05, 0) is 30.3 Å². The van der Waals surface area contributed by atoms with Gasteiger partial charge in [-0.25, -0.2) is 9.97 Å². The molecule has 0 radical (unpaired) electrons. The first-order chi connectivity index (χ1) is 12.2. The fraction of sp³-hybridized carbons (Fsp3) is 0.100. The second-order valence-electron chi connectivity index (χ2n) is 6.03. The van der Waals surface area contributed by atoms with Crippen LogP contribution < -0.4 is 10.2 Å². The van der Waals surface area contributed by atoms with Gasteiger partial charge in [-0.3, -0.25) is 4.40 Å². The van der Waals surface area contributed by atoms with Crippen molar-refractivity contribution in [3.8, 4) is 11.3 Å². The third-order valence-corrected chi connectivity index (χ3v) is 4.10. The molecule has 0 aliphatic carbocycles. The fourth-order valence-electron chi connectivity index (χ4n) is 2.78. The van der Waals surface area contributed by atoms with Gasteiger partial charge in [0.15, 0.2) is 0 Å². The highest BCUT2D eigenvalue weighted by Gasteiger charge is 2.15. The smallest absolute Gasteiger partial charge is 0.235 e. The SMILES string of the molecule is CN(C)c1ccc(-c2nc3ncccn3c2Nc2ccccc2)cc1. The fourth-order valence-corrected chi connectivity index (χ4v) is 2.78. The lowest BCUT2D eigenvalue weighted by molar-refractivity contribution is 1.11. The second-order valence-corrected chi connectivity index (χ2v) is 6.03. The molecule has 124 valence electrons. The van der Waals surface area contributed by atoms with Gasteiger partial charge in [0, 0.05) is 43.4 Å². The molecular weight excluding hydrogens is 310 g/mol. The Morgan fingerprint density at radius 3 is 2.40 bits per heavy atom. The van der Waals surface area contributed by atoms with Gasteiger partial charge < -0.3 is 10.2 Å². The van der Waals surface area contributed by atoms with E-state index in [1.807, 2.05) is 61.1 Å². The number of anilines is 3. The third-order valence-electron chi connectivity index (χ3n) is 4.10. The van der Waals surface area contributed by atoms with E-state index in [-0.39, 0.29) is 0 Å². The molecule has 0 saturated carbocycles. The quantitative estimate of drug-likeness (QED) is 0.609. The zero-order valence-corrected chi connectivity index (χ0v) is 14.2. The summed E-state index contributed by atoms with van der Waals surface area (Å²) < 4.78 is 1.97. The summed E-state index contributed by atoms with van der Waals surface area (Å²) >= 11 is 0. The Bertz CT molecular complexity index is 988. The van der Waals surface area contributed by atoms with Crippen molar-refractivity contribution < 1.29 is 0 Å². The van der Waals surface area contributed by atoms with Gasteiger partial charge in [0.2, 0.25) is 5.78 Å². The third kappa shape index (κ3) is 2.92. The maximum Gasteiger partial charge on any atom is 0.235 e. The summed E-state index contributed by atoms with van der Waals surface area (Å²) in [6.07, 6.45) is 3.73. The van der Waals surface area contributed by atoms with E-state index >= 15 is 0 Å². The van der Waals surface area contributed by atoms with E-state index < -0.39 is 0 Å². The van der Waals surface area contributed by atoms with Crippen LogP contribution in [-0.4, -0.2) is 28.5 Å². The molecule has 4 aromatic rings. The van der Waals surface area contributed by atoms with E-state index in [4.69, 9.17) is 4.98 Å². The molecule has 0 atom stereocenters.